The average molecular weight is 299 g/mol. The van der Waals surface area contributed by atoms with Crippen LogP contribution in [-0.4, -0.2) is 30.8 Å². The summed E-state index contributed by atoms with van der Waals surface area (Å²) in [6, 6.07) is 3.92. The number of pyridine rings is 1. The van der Waals surface area contributed by atoms with Gasteiger partial charge in [0.25, 0.3) is 0 Å². The lowest BCUT2D eigenvalue weighted by atomic mass is 10.1. The monoisotopic (exact) mass is 299 g/mol. The molecule has 21 heavy (non-hydrogen) atoms. The Balaban J connectivity index is 2.30. The molecule has 2 heterocycles. The van der Waals surface area contributed by atoms with Crippen LogP contribution in [0, 0.1) is 11.3 Å². The Kier molecular flexibility index (Phi) is 4.68. The lowest BCUT2D eigenvalue weighted by molar-refractivity contribution is -0.141. The third-order valence-electron chi connectivity index (χ3n) is 3.33. The Bertz CT molecular complexity index is 537. The lowest BCUT2D eigenvalue weighted by Crippen LogP contribution is -2.43. The fraction of sp³-hybridized carbons (Fsp3) is 0.571. The summed E-state index contributed by atoms with van der Waals surface area (Å²) in [7, 11) is 0. The molecule has 0 radical (unpaired) electrons. The van der Waals surface area contributed by atoms with Gasteiger partial charge in [0.2, 0.25) is 0 Å². The maximum atomic E-state index is 12.8. The molecule has 2 rings (SSSR count). The second kappa shape index (κ2) is 6.31. The van der Waals surface area contributed by atoms with Crippen molar-refractivity contribution in [1.82, 2.24) is 4.98 Å². The lowest BCUT2D eigenvalue weighted by Gasteiger charge is -2.34. The van der Waals surface area contributed by atoms with E-state index in [1.165, 1.54) is 6.07 Å². The van der Waals surface area contributed by atoms with Crippen LogP contribution >= 0.6 is 0 Å². The van der Waals surface area contributed by atoms with Crippen LogP contribution in [-0.2, 0) is 10.9 Å². The van der Waals surface area contributed by atoms with Crippen molar-refractivity contribution in [3.05, 3.63) is 23.4 Å². The molecule has 1 aliphatic heterocycles. The first-order chi connectivity index (χ1) is 9.95. The molecular formula is C14H16F3N3O. The van der Waals surface area contributed by atoms with Gasteiger partial charge < -0.3 is 9.64 Å². The van der Waals surface area contributed by atoms with Crippen molar-refractivity contribution in [2.24, 2.45) is 0 Å². The molecule has 1 fully saturated rings. The average Bonchev–Trinajstić information content (AvgIpc) is 2.46. The van der Waals surface area contributed by atoms with Crippen LogP contribution in [0.4, 0.5) is 19.0 Å². The summed E-state index contributed by atoms with van der Waals surface area (Å²) in [5.41, 5.74) is -0.824. The Labute approximate surface area is 121 Å². The van der Waals surface area contributed by atoms with Gasteiger partial charge in [-0.1, -0.05) is 13.3 Å². The first-order valence-corrected chi connectivity index (χ1v) is 6.80. The van der Waals surface area contributed by atoms with E-state index in [2.05, 4.69) is 4.98 Å². The number of morpholine rings is 1. The first kappa shape index (κ1) is 15.6. The molecule has 4 nitrogen and oxygen atoms in total. The zero-order valence-corrected chi connectivity index (χ0v) is 11.7. The third-order valence-corrected chi connectivity index (χ3v) is 3.33. The standard InChI is InChI=1S/C14H16F3N3O/c1-2-3-11-9-20(6-7-21-11)13-10(8-18)4-5-12(19-13)14(15,16)17/h4-5,11H,2-3,6-7,9H2,1H3/t11-/m1/s1. The Morgan fingerprint density at radius 2 is 2.24 bits per heavy atom. The minimum atomic E-state index is -4.52. The molecule has 0 N–H and O–H groups in total. The number of anilines is 1. The van der Waals surface area contributed by atoms with E-state index >= 15 is 0 Å². The molecule has 114 valence electrons. The summed E-state index contributed by atoms with van der Waals surface area (Å²) in [6.07, 6.45) is -2.79. The molecule has 0 bridgehead atoms. The van der Waals surface area contributed by atoms with E-state index in [4.69, 9.17) is 10.00 Å². The molecule has 0 aliphatic carbocycles. The van der Waals surface area contributed by atoms with Gasteiger partial charge >= 0.3 is 6.18 Å². The highest BCUT2D eigenvalue weighted by molar-refractivity contribution is 5.55. The third kappa shape index (κ3) is 3.64. The quantitative estimate of drug-likeness (QED) is 0.861. The van der Waals surface area contributed by atoms with E-state index in [0.29, 0.717) is 19.7 Å². The van der Waals surface area contributed by atoms with Crippen molar-refractivity contribution in [2.75, 3.05) is 24.6 Å². The molecule has 1 saturated heterocycles. The zero-order chi connectivity index (χ0) is 15.5. The molecule has 0 unspecified atom stereocenters. The second-order valence-electron chi connectivity index (χ2n) is 4.90. The Morgan fingerprint density at radius 3 is 2.86 bits per heavy atom. The van der Waals surface area contributed by atoms with Crippen molar-refractivity contribution in [2.45, 2.75) is 32.0 Å². The minimum absolute atomic E-state index is 0.0355. The van der Waals surface area contributed by atoms with Crippen molar-refractivity contribution in [3.8, 4) is 6.07 Å². The maximum Gasteiger partial charge on any atom is 0.433 e. The number of nitrogens with zero attached hydrogens (tertiary/aromatic N) is 3. The van der Waals surface area contributed by atoms with Crippen LogP contribution in [0.25, 0.3) is 0 Å². The highest BCUT2D eigenvalue weighted by Crippen LogP contribution is 2.31. The minimum Gasteiger partial charge on any atom is -0.375 e. The normalized spacial score (nSPS) is 19.4. The number of rotatable bonds is 3. The molecule has 1 aromatic heterocycles. The zero-order valence-electron chi connectivity index (χ0n) is 11.7. The molecule has 1 aliphatic rings. The van der Waals surface area contributed by atoms with Gasteiger partial charge in [-0.3, -0.25) is 0 Å². The molecule has 7 heteroatoms. The molecule has 0 spiro atoms. The first-order valence-electron chi connectivity index (χ1n) is 6.80. The molecule has 0 amide bonds. The fourth-order valence-electron chi connectivity index (χ4n) is 2.34. The van der Waals surface area contributed by atoms with Crippen molar-refractivity contribution < 1.29 is 17.9 Å². The molecule has 0 saturated carbocycles. The van der Waals surface area contributed by atoms with Gasteiger partial charge in [-0.25, -0.2) is 4.98 Å². The number of nitriles is 1. The van der Waals surface area contributed by atoms with Crippen LogP contribution in [0.5, 0.6) is 0 Å². The van der Waals surface area contributed by atoms with E-state index in [9.17, 15) is 13.2 Å². The smallest absolute Gasteiger partial charge is 0.375 e. The van der Waals surface area contributed by atoms with E-state index in [1.54, 1.807) is 4.90 Å². The summed E-state index contributed by atoms with van der Waals surface area (Å²) < 4.78 is 43.9. The number of hydrogen-bond donors (Lipinski definition) is 0. The van der Waals surface area contributed by atoms with Gasteiger partial charge in [-0.15, -0.1) is 0 Å². The number of halogens is 3. The van der Waals surface area contributed by atoms with Crippen LogP contribution in [0.2, 0.25) is 0 Å². The fourth-order valence-corrected chi connectivity index (χ4v) is 2.34. The van der Waals surface area contributed by atoms with Crippen molar-refractivity contribution in [1.29, 1.82) is 5.26 Å². The van der Waals surface area contributed by atoms with E-state index in [0.717, 1.165) is 18.9 Å². The number of aromatic nitrogens is 1. The number of hydrogen-bond acceptors (Lipinski definition) is 4. The van der Waals surface area contributed by atoms with Gasteiger partial charge in [0.05, 0.1) is 18.3 Å². The second-order valence-corrected chi connectivity index (χ2v) is 4.90. The number of ether oxygens (including phenoxy) is 1. The highest BCUT2D eigenvalue weighted by atomic mass is 19.4. The predicted molar refractivity (Wildman–Crippen MR) is 70.8 cm³/mol. The van der Waals surface area contributed by atoms with Gasteiger partial charge in [-0.05, 0) is 18.6 Å². The SMILES string of the molecule is CCC[C@@H]1CN(c2nc(C(F)(F)F)ccc2C#N)CCO1. The highest BCUT2D eigenvalue weighted by Gasteiger charge is 2.34. The maximum absolute atomic E-state index is 12.8. The van der Waals surface area contributed by atoms with Gasteiger partial charge in [-0.2, -0.15) is 18.4 Å². The largest absolute Gasteiger partial charge is 0.433 e. The molecule has 0 aromatic carbocycles. The summed E-state index contributed by atoms with van der Waals surface area (Å²) >= 11 is 0. The van der Waals surface area contributed by atoms with Crippen LogP contribution < -0.4 is 4.90 Å². The van der Waals surface area contributed by atoms with E-state index in [-0.39, 0.29) is 17.5 Å². The Hall–Kier alpha value is -1.81. The topological polar surface area (TPSA) is 49.2 Å². The summed E-state index contributed by atoms with van der Waals surface area (Å²) in [5, 5.41) is 9.08. The summed E-state index contributed by atoms with van der Waals surface area (Å²) in [4.78, 5) is 5.36. The summed E-state index contributed by atoms with van der Waals surface area (Å²) in [5.74, 6) is 0.0942. The van der Waals surface area contributed by atoms with Gasteiger partial charge in [0.15, 0.2) is 0 Å². The predicted octanol–water partition coefficient (Wildman–Crippen LogP) is 2.98. The molecule has 1 aromatic rings. The van der Waals surface area contributed by atoms with E-state index < -0.39 is 11.9 Å². The van der Waals surface area contributed by atoms with Crippen molar-refractivity contribution in [3.63, 3.8) is 0 Å². The van der Waals surface area contributed by atoms with Crippen molar-refractivity contribution >= 4 is 5.82 Å². The van der Waals surface area contributed by atoms with Gasteiger partial charge in [0, 0.05) is 13.1 Å². The van der Waals surface area contributed by atoms with Crippen LogP contribution in [0.3, 0.4) is 0 Å². The van der Waals surface area contributed by atoms with E-state index in [1.807, 2.05) is 13.0 Å². The Morgan fingerprint density at radius 1 is 1.48 bits per heavy atom. The van der Waals surface area contributed by atoms with Gasteiger partial charge in [0.1, 0.15) is 17.6 Å². The molecule has 1 atom stereocenters. The molecular weight excluding hydrogens is 283 g/mol. The van der Waals surface area contributed by atoms with Crippen LogP contribution in [0.15, 0.2) is 12.1 Å². The summed E-state index contributed by atoms with van der Waals surface area (Å²) in [6.45, 7) is 3.33. The van der Waals surface area contributed by atoms with Crippen LogP contribution in [0.1, 0.15) is 31.0 Å². The number of alkyl halides is 3.